The average Bonchev–Trinajstić information content (AvgIpc) is 1.82. The van der Waals surface area contributed by atoms with Gasteiger partial charge in [-0.15, -0.1) is 0 Å². The van der Waals surface area contributed by atoms with Crippen LogP contribution in [0, 0.1) is 0 Å². The van der Waals surface area contributed by atoms with Gasteiger partial charge in [0.1, 0.15) is 0 Å². The minimum absolute atomic E-state index is 0.0289. The summed E-state index contributed by atoms with van der Waals surface area (Å²) in [4.78, 5) is 10.3. The lowest BCUT2D eigenvalue weighted by Gasteiger charge is -2.26. The maximum atomic E-state index is 11.0. The molecule has 0 bridgehead atoms. The second-order valence-electron chi connectivity index (χ2n) is 2.51. The highest BCUT2D eigenvalue weighted by molar-refractivity contribution is 7.84. The topological polar surface area (TPSA) is 83.9 Å². The number of nitrogens with zero attached hydrogens (tertiary/aromatic N) is 1. The number of carboxylic acid groups (broad SMARTS) is 1. The van der Waals surface area contributed by atoms with Crippen LogP contribution in [0.4, 0.5) is 4.79 Å². The molecule has 0 aromatic carbocycles. The molecular weight excluding hydrogens is 186 g/mol. The van der Waals surface area contributed by atoms with Gasteiger partial charge in [-0.1, -0.05) is 0 Å². The van der Waals surface area contributed by atoms with Crippen molar-refractivity contribution >= 4 is 16.4 Å². The van der Waals surface area contributed by atoms with Gasteiger partial charge in [-0.05, 0) is 13.3 Å². The molecule has 1 fully saturated rings. The third-order valence-corrected chi connectivity index (χ3v) is 2.96. The predicted molar refractivity (Wildman–Crippen MR) is 38.8 cm³/mol. The molecule has 1 rings (SSSR count). The first-order chi connectivity index (χ1) is 5.43. The van der Waals surface area contributed by atoms with Crippen molar-refractivity contribution in [3.63, 3.8) is 0 Å². The second kappa shape index (κ2) is 2.91. The van der Waals surface area contributed by atoms with E-state index in [2.05, 4.69) is 4.18 Å². The van der Waals surface area contributed by atoms with Crippen molar-refractivity contribution < 1.29 is 22.5 Å². The van der Waals surface area contributed by atoms with Gasteiger partial charge in [0.15, 0.2) is 0 Å². The van der Waals surface area contributed by atoms with Crippen LogP contribution >= 0.6 is 0 Å². The van der Waals surface area contributed by atoms with E-state index >= 15 is 0 Å². The van der Waals surface area contributed by atoms with Gasteiger partial charge >= 0.3 is 16.4 Å². The van der Waals surface area contributed by atoms with Gasteiger partial charge in [0.05, 0.1) is 6.10 Å². The van der Waals surface area contributed by atoms with Crippen LogP contribution in [0.1, 0.15) is 13.3 Å². The van der Waals surface area contributed by atoms with Crippen LogP contribution in [-0.2, 0) is 14.5 Å². The smallest absolute Gasteiger partial charge is 0.422 e. The minimum Gasteiger partial charge on any atom is -0.464 e. The first-order valence-electron chi connectivity index (χ1n) is 3.37. The largest absolute Gasteiger partial charge is 0.464 e. The predicted octanol–water partition coefficient (Wildman–Crippen LogP) is 0.0200. The SMILES string of the molecule is CC1CCN(C(=O)O)S(=O)(=O)O1. The Morgan fingerprint density at radius 2 is 2.25 bits per heavy atom. The van der Waals surface area contributed by atoms with E-state index in [4.69, 9.17) is 5.11 Å². The number of hydrogen-bond donors (Lipinski definition) is 1. The van der Waals surface area contributed by atoms with Gasteiger partial charge in [-0.25, -0.2) is 4.79 Å². The molecule has 0 spiro atoms. The summed E-state index contributed by atoms with van der Waals surface area (Å²) in [5.74, 6) is 0. The molecule has 0 aromatic rings. The fraction of sp³-hybridized carbons (Fsp3) is 0.800. The van der Waals surface area contributed by atoms with Crippen LogP contribution in [0.2, 0.25) is 0 Å². The maximum Gasteiger partial charge on any atom is 0.422 e. The van der Waals surface area contributed by atoms with Gasteiger partial charge in [-0.2, -0.15) is 12.7 Å². The fourth-order valence-electron chi connectivity index (χ4n) is 0.910. The average molecular weight is 195 g/mol. The van der Waals surface area contributed by atoms with Gasteiger partial charge in [0, 0.05) is 6.54 Å². The van der Waals surface area contributed by atoms with E-state index in [1.54, 1.807) is 6.92 Å². The van der Waals surface area contributed by atoms with Gasteiger partial charge in [0.25, 0.3) is 0 Å². The van der Waals surface area contributed by atoms with E-state index < -0.39 is 22.5 Å². The Hall–Kier alpha value is -0.820. The Labute approximate surface area is 70.0 Å². The lowest BCUT2D eigenvalue weighted by molar-refractivity contribution is 0.126. The summed E-state index contributed by atoms with van der Waals surface area (Å²) in [6, 6.07) is 0. The second-order valence-corrected chi connectivity index (χ2v) is 4.00. The molecule has 70 valence electrons. The Morgan fingerprint density at radius 3 is 2.67 bits per heavy atom. The quantitative estimate of drug-likeness (QED) is 0.589. The molecule has 1 amide bonds. The van der Waals surface area contributed by atoms with Crippen molar-refractivity contribution in [3.8, 4) is 0 Å². The molecule has 1 aliphatic rings. The summed E-state index contributed by atoms with van der Waals surface area (Å²) in [5.41, 5.74) is 0. The molecule has 0 aromatic heterocycles. The molecule has 0 aliphatic carbocycles. The third kappa shape index (κ3) is 1.67. The molecule has 1 saturated heterocycles. The first-order valence-corrected chi connectivity index (χ1v) is 4.74. The molecular formula is C5H9NO5S. The van der Waals surface area contributed by atoms with Crippen molar-refractivity contribution in [3.05, 3.63) is 0 Å². The molecule has 1 unspecified atom stereocenters. The van der Waals surface area contributed by atoms with Crippen LogP contribution in [0.3, 0.4) is 0 Å². The summed E-state index contributed by atoms with van der Waals surface area (Å²) in [5, 5.41) is 8.43. The van der Waals surface area contributed by atoms with E-state index in [-0.39, 0.29) is 6.54 Å². The molecule has 12 heavy (non-hydrogen) atoms. The van der Waals surface area contributed by atoms with Crippen LogP contribution in [0.5, 0.6) is 0 Å². The number of rotatable bonds is 0. The van der Waals surface area contributed by atoms with Crippen LogP contribution in [0.25, 0.3) is 0 Å². The molecule has 1 atom stereocenters. The lowest BCUT2D eigenvalue weighted by Crippen LogP contribution is -2.44. The van der Waals surface area contributed by atoms with E-state index in [9.17, 15) is 13.2 Å². The van der Waals surface area contributed by atoms with Crippen molar-refractivity contribution in [1.29, 1.82) is 0 Å². The Kier molecular flexibility index (Phi) is 2.25. The Bertz CT molecular complexity index is 284. The zero-order chi connectivity index (χ0) is 9.35. The third-order valence-electron chi connectivity index (χ3n) is 1.51. The summed E-state index contributed by atoms with van der Waals surface area (Å²) in [6.45, 7) is 1.55. The van der Waals surface area contributed by atoms with Gasteiger partial charge < -0.3 is 5.11 Å². The van der Waals surface area contributed by atoms with Gasteiger partial charge in [-0.3, -0.25) is 4.18 Å². The summed E-state index contributed by atoms with van der Waals surface area (Å²) >= 11 is 0. The molecule has 1 aliphatic heterocycles. The fourth-order valence-corrected chi connectivity index (χ4v) is 2.05. The lowest BCUT2D eigenvalue weighted by atomic mass is 10.3. The molecule has 1 N–H and O–H groups in total. The summed E-state index contributed by atoms with van der Waals surface area (Å²) in [6.07, 6.45) is -1.54. The van der Waals surface area contributed by atoms with Crippen molar-refractivity contribution in [1.82, 2.24) is 4.31 Å². The summed E-state index contributed by atoms with van der Waals surface area (Å²) < 4.78 is 26.7. The highest BCUT2D eigenvalue weighted by atomic mass is 32.2. The molecule has 6 nitrogen and oxygen atoms in total. The minimum atomic E-state index is -4.04. The molecule has 0 saturated carbocycles. The van der Waals surface area contributed by atoms with E-state index in [1.165, 1.54) is 0 Å². The van der Waals surface area contributed by atoms with E-state index in [1.807, 2.05) is 0 Å². The first kappa shape index (κ1) is 9.27. The van der Waals surface area contributed by atoms with Crippen molar-refractivity contribution in [2.24, 2.45) is 0 Å². The standard InChI is InChI=1S/C5H9NO5S/c1-4-2-3-6(5(7)8)12(9,10)11-4/h4H,2-3H2,1H3,(H,7,8). The van der Waals surface area contributed by atoms with Crippen LogP contribution in [-0.4, -0.2) is 36.6 Å². The maximum absolute atomic E-state index is 11.0. The molecule has 7 heteroatoms. The van der Waals surface area contributed by atoms with Gasteiger partial charge in [0.2, 0.25) is 0 Å². The number of hydrogen-bond acceptors (Lipinski definition) is 4. The van der Waals surface area contributed by atoms with E-state index in [0.717, 1.165) is 0 Å². The zero-order valence-corrected chi connectivity index (χ0v) is 7.24. The van der Waals surface area contributed by atoms with Crippen LogP contribution < -0.4 is 0 Å². The Morgan fingerprint density at radius 1 is 1.67 bits per heavy atom. The highest BCUT2D eigenvalue weighted by Crippen LogP contribution is 2.16. The zero-order valence-electron chi connectivity index (χ0n) is 6.43. The number of carbonyl (C=O) groups is 1. The molecule has 1 heterocycles. The highest BCUT2D eigenvalue weighted by Gasteiger charge is 2.34. The van der Waals surface area contributed by atoms with Crippen LogP contribution in [0.15, 0.2) is 0 Å². The Balaban J connectivity index is 2.86. The van der Waals surface area contributed by atoms with Crippen molar-refractivity contribution in [2.75, 3.05) is 6.54 Å². The van der Waals surface area contributed by atoms with Crippen molar-refractivity contribution in [2.45, 2.75) is 19.4 Å². The molecule has 0 radical (unpaired) electrons. The van der Waals surface area contributed by atoms with E-state index in [0.29, 0.717) is 10.7 Å². The summed E-state index contributed by atoms with van der Waals surface area (Å²) in [7, 11) is -4.04. The monoisotopic (exact) mass is 195 g/mol. The normalized spacial score (nSPS) is 28.4. The number of amides is 1.